The molecule has 4 nitrogen and oxygen atoms in total. The van der Waals surface area contributed by atoms with Crippen molar-refractivity contribution in [2.75, 3.05) is 0 Å². The van der Waals surface area contributed by atoms with Crippen LogP contribution in [0.3, 0.4) is 0 Å². The highest BCUT2D eigenvalue weighted by atomic mass is 32.1. The maximum absolute atomic E-state index is 13.0. The van der Waals surface area contributed by atoms with Crippen LogP contribution in [-0.2, 0) is 0 Å². The van der Waals surface area contributed by atoms with Gasteiger partial charge in [-0.25, -0.2) is 8.78 Å². The number of amides is 1. The van der Waals surface area contributed by atoms with E-state index in [0.29, 0.717) is 17.2 Å². The third-order valence-electron chi connectivity index (χ3n) is 3.10. The molecule has 0 aromatic heterocycles. The van der Waals surface area contributed by atoms with Gasteiger partial charge in [-0.3, -0.25) is 15.6 Å². The average molecular weight is 299 g/mol. The molecule has 1 amide bonds. The molecule has 0 unspecified atom stereocenters. The number of halogens is 2. The summed E-state index contributed by atoms with van der Waals surface area (Å²) < 4.78 is 26.0. The van der Waals surface area contributed by atoms with Gasteiger partial charge >= 0.3 is 0 Å². The van der Waals surface area contributed by atoms with Crippen molar-refractivity contribution in [1.82, 2.24) is 16.2 Å². The third kappa shape index (κ3) is 4.12. The molecular weight excluding hydrogens is 284 g/mol. The maximum Gasteiger partial charge on any atom is 0.269 e. The second kappa shape index (κ2) is 6.60. The van der Waals surface area contributed by atoms with Gasteiger partial charge in [-0.2, -0.15) is 0 Å². The minimum absolute atomic E-state index is 0.112. The summed E-state index contributed by atoms with van der Waals surface area (Å²) in [6, 6.07) is 2.93. The summed E-state index contributed by atoms with van der Waals surface area (Å²) >= 11 is 5.03. The van der Waals surface area contributed by atoms with E-state index in [2.05, 4.69) is 16.2 Å². The number of hydrogen-bond acceptors (Lipinski definition) is 2. The molecule has 3 N–H and O–H groups in total. The van der Waals surface area contributed by atoms with Crippen molar-refractivity contribution in [1.29, 1.82) is 0 Å². The van der Waals surface area contributed by atoms with E-state index in [4.69, 9.17) is 12.2 Å². The molecule has 1 saturated carbocycles. The summed E-state index contributed by atoms with van der Waals surface area (Å²) in [7, 11) is 0. The number of hydrogen-bond donors (Lipinski definition) is 3. The Kier molecular flexibility index (Phi) is 4.84. The Morgan fingerprint density at radius 2 is 1.70 bits per heavy atom. The van der Waals surface area contributed by atoms with Crippen LogP contribution < -0.4 is 16.2 Å². The van der Waals surface area contributed by atoms with Crippen LogP contribution in [0.2, 0.25) is 0 Å². The van der Waals surface area contributed by atoms with Crippen LogP contribution in [0.25, 0.3) is 0 Å². The quantitative estimate of drug-likeness (QED) is 0.578. The molecule has 0 saturated heterocycles. The molecule has 1 fully saturated rings. The van der Waals surface area contributed by atoms with E-state index < -0.39 is 17.5 Å². The summed E-state index contributed by atoms with van der Waals surface area (Å²) in [5, 5.41) is 3.36. The monoisotopic (exact) mass is 299 g/mol. The van der Waals surface area contributed by atoms with Gasteiger partial charge in [0.1, 0.15) is 11.6 Å². The minimum Gasteiger partial charge on any atom is -0.359 e. The Morgan fingerprint density at radius 1 is 1.10 bits per heavy atom. The molecular formula is C13H15F2N3OS. The first kappa shape index (κ1) is 14.6. The standard InChI is InChI=1S/C13H15F2N3OS/c14-9-5-8(6-10(15)7-9)12(19)17-18-13(20)16-11-3-1-2-4-11/h5-7,11H,1-4H2,(H,17,19)(H2,16,18,20). The van der Waals surface area contributed by atoms with Gasteiger partial charge in [0, 0.05) is 17.7 Å². The number of nitrogens with one attached hydrogen (secondary N) is 3. The predicted octanol–water partition coefficient (Wildman–Crippen LogP) is 2.02. The van der Waals surface area contributed by atoms with Gasteiger partial charge in [0.2, 0.25) is 0 Å². The fraction of sp³-hybridized carbons (Fsp3) is 0.385. The second-order valence-corrected chi connectivity index (χ2v) is 5.10. The molecule has 2 rings (SSSR count). The highest BCUT2D eigenvalue weighted by Crippen LogP contribution is 2.17. The van der Waals surface area contributed by atoms with E-state index in [1.807, 2.05) is 0 Å². The molecule has 1 aliphatic carbocycles. The molecule has 1 aromatic rings. The molecule has 1 aromatic carbocycles. The zero-order chi connectivity index (χ0) is 14.5. The minimum atomic E-state index is -0.804. The van der Waals surface area contributed by atoms with Crippen molar-refractivity contribution in [2.24, 2.45) is 0 Å². The predicted molar refractivity (Wildman–Crippen MR) is 74.9 cm³/mol. The molecule has 0 heterocycles. The molecule has 0 spiro atoms. The number of benzene rings is 1. The van der Waals surface area contributed by atoms with Gasteiger partial charge in [0.05, 0.1) is 0 Å². The highest BCUT2D eigenvalue weighted by molar-refractivity contribution is 7.80. The number of thiocarbonyl (C=S) groups is 1. The molecule has 0 aliphatic heterocycles. The largest absolute Gasteiger partial charge is 0.359 e. The van der Waals surface area contributed by atoms with E-state index in [-0.39, 0.29) is 5.56 Å². The SMILES string of the molecule is O=C(NNC(=S)NC1CCCC1)c1cc(F)cc(F)c1. The Hall–Kier alpha value is -1.76. The van der Waals surface area contributed by atoms with Gasteiger partial charge in [-0.05, 0) is 37.2 Å². The lowest BCUT2D eigenvalue weighted by Gasteiger charge is -2.16. The first-order valence-corrected chi connectivity index (χ1v) is 6.78. The molecule has 0 atom stereocenters. The van der Waals surface area contributed by atoms with Crippen LogP contribution in [0, 0.1) is 11.6 Å². The topological polar surface area (TPSA) is 53.2 Å². The van der Waals surface area contributed by atoms with Gasteiger partial charge in [-0.15, -0.1) is 0 Å². The summed E-state index contributed by atoms with van der Waals surface area (Å²) in [6.45, 7) is 0. The van der Waals surface area contributed by atoms with E-state index in [0.717, 1.165) is 37.8 Å². The van der Waals surface area contributed by atoms with E-state index >= 15 is 0 Å². The summed E-state index contributed by atoms with van der Waals surface area (Å²) in [5.74, 6) is -2.26. The summed E-state index contributed by atoms with van der Waals surface area (Å²) in [4.78, 5) is 11.7. The molecule has 0 bridgehead atoms. The molecule has 1 aliphatic rings. The van der Waals surface area contributed by atoms with Gasteiger partial charge in [0.25, 0.3) is 5.91 Å². The van der Waals surface area contributed by atoms with Gasteiger partial charge in [-0.1, -0.05) is 12.8 Å². The fourth-order valence-corrected chi connectivity index (χ4v) is 2.38. The van der Waals surface area contributed by atoms with Crippen LogP contribution in [0.1, 0.15) is 36.0 Å². The lowest BCUT2D eigenvalue weighted by atomic mass is 10.2. The lowest BCUT2D eigenvalue weighted by Crippen LogP contribution is -2.49. The zero-order valence-electron chi connectivity index (χ0n) is 10.7. The van der Waals surface area contributed by atoms with Crippen LogP contribution in [-0.4, -0.2) is 17.1 Å². The second-order valence-electron chi connectivity index (χ2n) is 4.69. The Balaban J connectivity index is 1.83. The average Bonchev–Trinajstić information content (AvgIpc) is 2.87. The van der Waals surface area contributed by atoms with Gasteiger partial charge in [0.15, 0.2) is 5.11 Å². The highest BCUT2D eigenvalue weighted by Gasteiger charge is 2.16. The Morgan fingerprint density at radius 3 is 2.30 bits per heavy atom. The summed E-state index contributed by atoms with van der Waals surface area (Å²) in [5.41, 5.74) is 4.71. The van der Waals surface area contributed by atoms with Crippen LogP contribution in [0.5, 0.6) is 0 Å². The van der Waals surface area contributed by atoms with E-state index in [9.17, 15) is 13.6 Å². The van der Waals surface area contributed by atoms with Crippen molar-refractivity contribution in [3.8, 4) is 0 Å². The van der Waals surface area contributed by atoms with Crippen molar-refractivity contribution in [2.45, 2.75) is 31.7 Å². The van der Waals surface area contributed by atoms with Crippen LogP contribution in [0.15, 0.2) is 18.2 Å². The first-order valence-electron chi connectivity index (χ1n) is 6.37. The molecule has 7 heteroatoms. The number of carbonyl (C=O) groups excluding carboxylic acids is 1. The van der Waals surface area contributed by atoms with E-state index in [1.165, 1.54) is 0 Å². The van der Waals surface area contributed by atoms with E-state index in [1.54, 1.807) is 0 Å². The van der Waals surface area contributed by atoms with Gasteiger partial charge < -0.3 is 5.32 Å². The van der Waals surface area contributed by atoms with Crippen molar-refractivity contribution >= 4 is 23.2 Å². The first-order chi connectivity index (χ1) is 9.54. The fourth-order valence-electron chi connectivity index (χ4n) is 2.16. The smallest absolute Gasteiger partial charge is 0.269 e. The summed E-state index contributed by atoms with van der Waals surface area (Å²) in [6.07, 6.45) is 4.42. The number of carbonyl (C=O) groups is 1. The lowest BCUT2D eigenvalue weighted by molar-refractivity contribution is 0.0942. The van der Waals surface area contributed by atoms with Crippen molar-refractivity contribution in [3.63, 3.8) is 0 Å². The normalized spacial score (nSPS) is 14.9. The van der Waals surface area contributed by atoms with Crippen LogP contribution in [0.4, 0.5) is 8.78 Å². The number of rotatable bonds is 2. The molecule has 20 heavy (non-hydrogen) atoms. The van der Waals surface area contributed by atoms with Crippen LogP contribution >= 0.6 is 12.2 Å². The Labute approximate surface area is 120 Å². The van der Waals surface area contributed by atoms with Crippen molar-refractivity contribution in [3.05, 3.63) is 35.4 Å². The third-order valence-corrected chi connectivity index (χ3v) is 3.32. The van der Waals surface area contributed by atoms with Crippen molar-refractivity contribution < 1.29 is 13.6 Å². The number of hydrazine groups is 1. The maximum atomic E-state index is 13.0. The zero-order valence-corrected chi connectivity index (χ0v) is 11.5. The molecule has 0 radical (unpaired) electrons. The molecule has 108 valence electrons. The Bertz CT molecular complexity index is 498.